The van der Waals surface area contributed by atoms with Gasteiger partial charge in [0.25, 0.3) is 5.91 Å². The number of ether oxygens (including phenoxy) is 2. The summed E-state index contributed by atoms with van der Waals surface area (Å²) >= 11 is 0. The van der Waals surface area contributed by atoms with Crippen molar-refractivity contribution < 1.29 is 22.7 Å². The van der Waals surface area contributed by atoms with Crippen LogP contribution >= 0.6 is 0 Å². The van der Waals surface area contributed by atoms with Crippen molar-refractivity contribution in [1.29, 1.82) is 0 Å². The number of carbonyl (C=O) groups excluding carboxylic acids is 1. The summed E-state index contributed by atoms with van der Waals surface area (Å²) in [6.45, 7) is 0.868. The fourth-order valence-electron chi connectivity index (χ4n) is 2.32. The fourth-order valence-corrected chi connectivity index (χ4v) is 3.41. The number of hydrogen-bond acceptors (Lipinski definition) is 5. The van der Waals surface area contributed by atoms with Crippen molar-refractivity contribution in [3.63, 3.8) is 0 Å². The van der Waals surface area contributed by atoms with Crippen molar-refractivity contribution in [1.82, 2.24) is 4.72 Å². The molecule has 8 heteroatoms. The van der Waals surface area contributed by atoms with E-state index in [0.29, 0.717) is 18.0 Å². The van der Waals surface area contributed by atoms with Crippen LogP contribution in [0.2, 0.25) is 0 Å². The Morgan fingerprint density at radius 3 is 3.00 bits per heavy atom. The molecule has 2 N–H and O–H groups in total. The average Bonchev–Trinajstić information content (AvgIpc) is 2.98. The summed E-state index contributed by atoms with van der Waals surface area (Å²) in [6, 6.07) is 4.38. The normalized spacial score (nSPS) is 21.5. The highest BCUT2D eigenvalue weighted by Crippen LogP contribution is 2.30. The molecule has 0 aliphatic carbocycles. The summed E-state index contributed by atoms with van der Waals surface area (Å²) in [5.74, 6) is 0.164. The highest BCUT2D eigenvalue weighted by atomic mass is 32.2. The van der Waals surface area contributed by atoms with Gasteiger partial charge in [-0.2, -0.15) is 0 Å². The fraction of sp³-hybridized carbons (Fsp3) is 0.462. The number of carbonyl (C=O) groups is 1. The van der Waals surface area contributed by atoms with Crippen LogP contribution in [0.15, 0.2) is 23.1 Å². The number of anilines is 1. The Bertz CT molecular complexity index is 653. The van der Waals surface area contributed by atoms with E-state index in [1.54, 1.807) is 0 Å². The van der Waals surface area contributed by atoms with E-state index in [1.165, 1.54) is 18.2 Å². The van der Waals surface area contributed by atoms with Crippen LogP contribution in [0.25, 0.3) is 0 Å². The minimum Gasteiger partial charge on any atom is -0.482 e. The van der Waals surface area contributed by atoms with E-state index >= 15 is 0 Å². The molecule has 1 aromatic rings. The second-order valence-corrected chi connectivity index (χ2v) is 6.75. The van der Waals surface area contributed by atoms with Crippen LogP contribution in [0, 0.1) is 0 Å². The molecule has 2 aliphatic heterocycles. The zero-order chi connectivity index (χ0) is 14.9. The molecule has 114 valence electrons. The molecule has 1 atom stereocenters. The van der Waals surface area contributed by atoms with Gasteiger partial charge in [0.15, 0.2) is 6.61 Å². The van der Waals surface area contributed by atoms with E-state index in [2.05, 4.69) is 10.0 Å². The lowest BCUT2D eigenvalue weighted by molar-refractivity contribution is -0.118. The summed E-state index contributed by atoms with van der Waals surface area (Å²) in [7, 11) is -3.64. The quantitative estimate of drug-likeness (QED) is 0.843. The van der Waals surface area contributed by atoms with Crippen LogP contribution < -0.4 is 14.8 Å². The molecule has 0 saturated carbocycles. The molecule has 1 amide bonds. The van der Waals surface area contributed by atoms with Crippen molar-refractivity contribution in [2.24, 2.45) is 0 Å². The van der Waals surface area contributed by atoms with Crippen LogP contribution in [0.4, 0.5) is 5.69 Å². The van der Waals surface area contributed by atoms with E-state index in [0.717, 1.165) is 12.8 Å². The van der Waals surface area contributed by atoms with Crippen LogP contribution in [-0.4, -0.2) is 40.2 Å². The highest BCUT2D eigenvalue weighted by molar-refractivity contribution is 7.89. The first-order valence-electron chi connectivity index (χ1n) is 6.72. The Balaban J connectivity index is 1.75. The van der Waals surface area contributed by atoms with Gasteiger partial charge in [0, 0.05) is 13.2 Å². The molecule has 3 rings (SSSR count). The minimum absolute atomic E-state index is 0.0592. The smallest absolute Gasteiger partial charge is 0.262 e. The van der Waals surface area contributed by atoms with Gasteiger partial charge in [-0.1, -0.05) is 0 Å². The van der Waals surface area contributed by atoms with Crippen molar-refractivity contribution in [3.8, 4) is 5.75 Å². The number of hydrogen-bond donors (Lipinski definition) is 2. The van der Waals surface area contributed by atoms with Crippen molar-refractivity contribution in [2.45, 2.75) is 23.8 Å². The van der Waals surface area contributed by atoms with Crippen LogP contribution in [0.1, 0.15) is 12.8 Å². The second kappa shape index (κ2) is 5.63. The molecular formula is C13H16N2O5S. The van der Waals surface area contributed by atoms with Crippen LogP contribution in [-0.2, 0) is 19.6 Å². The summed E-state index contributed by atoms with van der Waals surface area (Å²) in [4.78, 5) is 11.4. The van der Waals surface area contributed by atoms with Crippen molar-refractivity contribution in [3.05, 3.63) is 18.2 Å². The van der Waals surface area contributed by atoms with Gasteiger partial charge in [-0.15, -0.1) is 0 Å². The third-order valence-electron chi connectivity index (χ3n) is 3.42. The molecule has 7 nitrogen and oxygen atoms in total. The summed E-state index contributed by atoms with van der Waals surface area (Å²) < 4.78 is 37.6. The van der Waals surface area contributed by atoms with Gasteiger partial charge in [0.2, 0.25) is 10.0 Å². The largest absolute Gasteiger partial charge is 0.482 e. The first kappa shape index (κ1) is 14.3. The Kier molecular flexibility index (Phi) is 3.83. The maximum atomic E-state index is 12.2. The molecule has 1 fully saturated rings. The average molecular weight is 312 g/mol. The van der Waals surface area contributed by atoms with Gasteiger partial charge < -0.3 is 14.8 Å². The molecular weight excluding hydrogens is 296 g/mol. The van der Waals surface area contributed by atoms with Gasteiger partial charge in [0.1, 0.15) is 5.75 Å². The number of fused-ring (bicyclic) bond motifs is 1. The SMILES string of the molecule is O=C1COc2ccc(S(=O)(=O)NC[C@H]3CCCO3)cc2N1. The van der Waals surface area contributed by atoms with Gasteiger partial charge in [-0.25, -0.2) is 13.1 Å². The number of nitrogens with one attached hydrogen (secondary N) is 2. The second-order valence-electron chi connectivity index (χ2n) is 4.98. The third kappa shape index (κ3) is 3.17. The Hall–Kier alpha value is -1.64. The first-order chi connectivity index (χ1) is 10.0. The standard InChI is InChI=1S/C13H16N2O5S/c16-13-8-20-12-4-3-10(6-11(12)15-13)21(17,18)14-7-9-2-1-5-19-9/h3-4,6,9,14H,1-2,5,7-8H2,(H,15,16)/t9-/m1/s1. The lowest BCUT2D eigenvalue weighted by Gasteiger charge is -2.19. The van der Waals surface area contributed by atoms with Gasteiger partial charge in [-0.05, 0) is 31.0 Å². The molecule has 1 aromatic carbocycles. The number of amides is 1. The number of rotatable bonds is 4. The molecule has 0 spiro atoms. The minimum atomic E-state index is -3.64. The zero-order valence-corrected chi connectivity index (χ0v) is 12.1. The predicted molar refractivity (Wildman–Crippen MR) is 74.7 cm³/mol. The molecule has 0 bridgehead atoms. The monoisotopic (exact) mass is 312 g/mol. The maximum absolute atomic E-state index is 12.2. The maximum Gasteiger partial charge on any atom is 0.262 e. The Morgan fingerprint density at radius 1 is 1.38 bits per heavy atom. The van der Waals surface area contributed by atoms with Crippen LogP contribution in [0.3, 0.4) is 0 Å². The van der Waals surface area contributed by atoms with Gasteiger partial charge in [-0.3, -0.25) is 4.79 Å². The van der Waals surface area contributed by atoms with E-state index in [-0.39, 0.29) is 30.1 Å². The summed E-state index contributed by atoms with van der Waals surface area (Å²) in [5, 5.41) is 2.59. The lowest BCUT2D eigenvalue weighted by atomic mass is 10.2. The Morgan fingerprint density at radius 2 is 2.24 bits per heavy atom. The molecule has 2 heterocycles. The molecule has 0 radical (unpaired) electrons. The molecule has 0 unspecified atom stereocenters. The van der Waals surface area contributed by atoms with Crippen molar-refractivity contribution in [2.75, 3.05) is 25.1 Å². The molecule has 21 heavy (non-hydrogen) atoms. The first-order valence-corrected chi connectivity index (χ1v) is 8.21. The number of benzene rings is 1. The zero-order valence-electron chi connectivity index (χ0n) is 11.3. The lowest BCUT2D eigenvalue weighted by Crippen LogP contribution is -2.32. The van der Waals surface area contributed by atoms with E-state index in [9.17, 15) is 13.2 Å². The molecule has 0 aromatic heterocycles. The third-order valence-corrected chi connectivity index (χ3v) is 4.84. The predicted octanol–water partition coefficient (Wildman–Crippen LogP) is 0.475. The van der Waals surface area contributed by atoms with Gasteiger partial charge in [0.05, 0.1) is 16.7 Å². The van der Waals surface area contributed by atoms with Crippen molar-refractivity contribution >= 4 is 21.6 Å². The van der Waals surface area contributed by atoms with E-state index in [1.807, 2.05) is 0 Å². The summed E-state index contributed by atoms with van der Waals surface area (Å²) in [6.07, 6.45) is 1.74. The number of sulfonamides is 1. The highest BCUT2D eigenvalue weighted by Gasteiger charge is 2.23. The summed E-state index contributed by atoms with van der Waals surface area (Å²) in [5.41, 5.74) is 0.367. The molecule has 1 saturated heterocycles. The van der Waals surface area contributed by atoms with E-state index in [4.69, 9.17) is 9.47 Å². The Labute approximate surface area is 122 Å². The van der Waals surface area contributed by atoms with Gasteiger partial charge >= 0.3 is 0 Å². The topological polar surface area (TPSA) is 93.7 Å². The van der Waals surface area contributed by atoms with Crippen LogP contribution in [0.5, 0.6) is 5.75 Å². The van der Waals surface area contributed by atoms with E-state index < -0.39 is 10.0 Å². The molecule has 2 aliphatic rings.